The van der Waals surface area contributed by atoms with Crippen LogP contribution in [0.5, 0.6) is 0 Å². The molecule has 0 saturated heterocycles. The molecule has 0 saturated carbocycles. The van der Waals surface area contributed by atoms with Crippen LogP contribution in [0.15, 0.2) is 303 Å². The van der Waals surface area contributed by atoms with Crippen molar-refractivity contribution in [3.8, 4) is 0 Å². The molecule has 0 atom stereocenters. The van der Waals surface area contributed by atoms with Gasteiger partial charge in [0.1, 0.15) is 0 Å². The molecule has 0 amide bonds. The predicted octanol–water partition coefficient (Wildman–Crippen LogP) is 22.8. The molecule has 0 aliphatic heterocycles. The zero-order valence-electron chi connectivity index (χ0n) is 47.7. The largest absolute Gasteiger partial charge is 0.308 e. The van der Waals surface area contributed by atoms with Gasteiger partial charge in [-0.3, -0.25) is 0 Å². The molecule has 406 valence electrons. The van der Waals surface area contributed by atoms with Gasteiger partial charge < -0.3 is 17.6 Å². The van der Waals surface area contributed by atoms with Crippen LogP contribution in [0.4, 0.5) is 0 Å². The summed E-state index contributed by atoms with van der Waals surface area (Å²) in [6.07, 6.45) is 0. The van der Waals surface area contributed by atoms with E-state index in [1.54, 1.807) is 0 Å². The smallest absolute Gasteiger partial charge is 0.0626 e. The Labute approximate surface area is 502 Å². The quantitative estimate of drug-likeness (QED) is 0.144. The van der Waals surface area contributed by atoms with Gasteiger partial charge in [0.25, 0.3) is 0 Å². The molecule has 8 aromatic heterocycles. The van der Waals surface area contributed by atoms with Gasteiger partial charge in [0.05, 0.1) is 66.2 Å². The van der Waals surface area contributed by atoms with Gasteiger partial charge in [-0.05, 0) is 93.0 Å². The molecule has 0 aliphatic rings. The van der Waals surface area contributed by atoms with Crippen LogP contribution in [0, 0.1) is 0 Å². The lowest BCUT2D eigenvalue weighted by atomic mass is 10.0. The van der Waals surface area contributed by atoms with Crippen LogP contribution in [-0.4, -0.2) is 17.6 Å². The summed E-state index contributed by atoms with van der Waals surface area (Å²) in [4.78, 5) is 0. The molecule has 23 rings (SSSR count). The molecule has 0 unspecified atom stereocenters. The van der Waals surface area contributed by atoms with Crippen molar-refractivity contribution in [2.45, 2.75) is 0 Å². The van der Waals surface area contributed by atoms with Crippen molar-refractivity contribution in [1.82, 2.24) is 17.6 Å². The van der Waals surface area contributed by atoms with E-state index in [2.05, 4.69) is 321 Å². The molecule has 4 heteroatoms. The lowest BCUT2D eigenvalue weighted by Crippen LogP contribution is -1.80. The average molecular weight is 1120 g/mol. The summed E-state index contributed by atoms with van der Waals surface area (Å²) in [7, 11) is 0. The first-order valence-corrected chi connectivity index (χ1v) is 30.5. The van der Waals surface area contributed by atoms with Crippen molar-refractivity contribution in [2.24, 2.45) is 0 Å². The first-order valence-electron chi connectivity index (χ1n) is 30.5. The number of hydrogen-bond donors (Lipinski definition) is 0. The van der Waals surface area contributed by atoms with Crippen molar-refractivity contribution in [3.63, 3.8) is 0 Å². The topological polar surface area (TPSA) is 17.6 Å². The van der Waals surface area contributed by atoms with E-state index in [0.29, 0.717) is 0 Å². The Morgan fingerprint density at radius 2 is 0.443 bits per heavy atom. The molecule has 8 heterocycles. The Balaban J connectivity index is 0.0000000828. The zero-order chi connectivity index (χ0) is 57.3. The lowest BCUT2D eigenvalue weighted by molar-refractivity contribution is 1.37. The maximum absolute atomic E-state index is 2.43. The van der Waals surface area contributed by atoms with E-state index in [-0.39, 0.29) is 0 Å². The normalized spacial score (nSPS) is 12.3. The highest BCUT2D eigenvalue weighted by Gasteiger charge is 2.22. The zero-order valence-corrected chi connectivity index (χ0v) is 47.7. The van der Waals surface area contributed by atoms with Gasteiger partial charge in [-0.2, -0.15) is 0 Å². The van der Waals surface area contributed by atoms with Gasteiger partial charge in [0.2, 0.25) is 0 Å². The van der Waals surface area contributed by atoms with Crippen LogP contribution >= 0.6 is 0 Å². The van der Waals surface area contributed by atoms with E-state index in [1.807, 2.05) is 0 Å². The lowest BCUT2D eigenvalue weighted by Gasteiger charge is -2.02. The van der Waals surface area contributed by atoms with Crippen LogP contribution in [0.2, 0.25) is 0 Å². The third kappa shape index (κ3) is 6.37. The summed E-state index contributed by atoms with van der Waals surface area (Å²) in [5, 5.41) is 29.5. The molecule has 4 nitrogen and oxygen atoms in total. The second-order valence-electron chi connectivity index (χ2n) is 23.8. The van der Waals surface area contributed by atoms with Crippen molar-refractivity contribution in [1.29, 1.82) is 0 Å². The maximum atomic E-state index is 2.43. The van der Waals surface area contributed by atoms with E-state index in [0.717, 1.165) is 0 Å². The Morgan fingerprint density at radius 1 is 0.136 bits per heavy atom. The molecule has 0 aliphatic carbocycles. The Bertz CT molecular complexity index is 6590. The van der Waals surface area contributed by atoms with Gasteiger partial charge in [-0.25, -0.2) is 0 Å². The number of para-hydroxylation sites is 9. The van der Waals surface area contributed by atoms with E-state index in [9.17, 15) is 0 Å². The standard InChI is InChI=1S/3C22H13N.C18H11N/c1-2-8-15-14(7-1)13-18-16-9-3-5-11-19(16)23-20-12-6-4-10-17(20)21(15)22(18)23;1-2-7-15-13-21-19(12-14(15)6-1)18-10-5-9-17-16-8-3-4-11-20(16)23(21)22(17)18;1-2-7-15-14(6-1)12-13-20-21(15)18-10-5-9-17-16-8-3-4-11-19(16)23(20)22(17)18;1-3-10-16-12(6-1)14-8-5-9-15-13-7-2-4-11-17(13)19(16)18(14)15/h3*1-13H;1-11H. The average Bonchev–Trinajstić information content (AvgIpc) is 1.62. The van der Waals surface area contributed by atoms with Crippen LogP contribution in [0.25, 0.3) is 185 Å². The Morgan fingerprint density at radius 3 is 0.955 bits per heavy atom. The van der Waals surface area contributed by atoms with Crippen molar-refractivity contribution in [2.75, 3.05) is 0 Å². The summed E-state index contributed by atoms with van der Waals surface area (Å²) < 4.78 is 9.70. The maximum Gasteiger partial charge on any atom is 0.0626 e. The van der Waals surface area contributed by atoms with Gasteiger partial charge in [-0.15, -0.1) is 0 Å². The minimum atomic E-state index is 1.30. The van der Waals surface area contributed by atoms with Crippen molar-refractivity contribution in [3.05, 3.63) is 303 Å². The van der Waals surface area contributed by atoms with Crippen LogP contribution in [-0.2, 0) is 0 Å². The minimum Gasteiger partial charge on any atom is -0.308 e. The number of fused-ring (bicyclic) bond motifs is 29. The fourth-order valence-electron chi connectivity index (χ4n) is 15.9. The number of hydrogen-bond acceptors (Lipinski definition) is 0. The fourth-order valence-corrected chi connectivity index (χ4v) is 15.9. The Kier molecular flexibility index (Phi) is 9.69. The molecule has 15 aromatic carbocycles. The molecule has 0 bridgehead atoms. The molecule has 88 heavy (non-hydrogen) atoms. The van der Waals surface area contributed by atoms with Gasteiger partial charge in [0.15, 0.2) is 0 Å². The highest BCUT2D eigenvalue weighted by Crippen LogP contribution is 2.46. The minimum absolute atomic E-state index is 1.30. The highest BCUT2D eigenvalue weighted by atomic mass is 14.9. The van der Waals surface area contributed by atoms with Crippen LogP contribution in [0.1, 0.15) is 0 Å². The summed E-state index contributed by atoms with van der Waals surface area (Å²) in [5.74, 6) is 0. The first-order chi connectivity index (χ1) is 43.7. The SMILES string of the molecule is c1ccc2c(c1)c1cccc3c4ccccc4n2c13.c1ccc2c(c1)cc1c3ccccc3n3c4ccccc4c2c13.c1ccc2c(c1)ccc1c2c2cccc3c4ccccc4n1c32.c1ccc2cc3c(cc2c1)c1cccc2c4ccccc4n3c21. The third-order valence-corrected chi connectivity index (χ3v) is 19.4. The summed E-state index contributed by atoms with van der Waals surface area (Å²) in [5.41, 5.74) is 15.8. The van der Waals surface area contributed by atoms with E-state index in [1.165, 1.54) is 185 Å². The molecule has 0 spiro atoms. The number of rotatable bonds is 0. The van der Waals surface area contributed by atoms with Gasteiger partial charge >= 0.3 is 0 Å². The van der Waals surface area contributed by atoms with Crippen molar-refractivity contribution >= 4 is 185 Å². The van der Waals surface area contributed by atoms with E-state index < -0.39 is 0 Å². The summed E-state index contributed by atoms with van der Waals surface area (Å²) in [6, 6.07) is 110. The summed E-state index contributed by atoms with van der Waals surface area (Å²) in [6.45, 7) is 0. The monoisotopic (exact) mass is 1110 g/mol. The molecule has 0 radical (unpaired) electrons. The molecule has 0 N–H and O–H groups in total. The van der Waals surface area contributed by atoms with Gasteiger partial charge in [0, 0.05) is 86.2 Å². The van der Waals surface area contributed by atoms with Crippen molar-refractivity contribution < 1.29 is 0 Å². The van der Waals surface area contributed by atoms with Gasteiger partial charge in [-0.1, -0.05) is 243 Å². The molecule has 0 fully saturated rings. The second kappa shape index (κ2) is 17.9. The highest BCUT2D eigenvalue weighted by molar-refractivity contribution is 6.32. The van der Waals surface area contributed by atoms with E-state index >= 15 is 0 Å². The number of nitrogens with zero attached hydrogens (tertiary/aromatic N) is 4. The predicted molar refractivity (Wildman–Crippen MR) is 377 cm³/mol. The third-order valence-electron chi connectivity index (χ3n) is 19.4. The number of aromatic nitrogens is 4. The first kappa shape index (κ1) is 47.6. The van der Waals surface area contributed by atoms with Crippen LogP contribution in [0.3, 0.4) is 0 Å². The molecular formula is C84H50N4. The van der Waals surface area contributed by atoms with E-state index in [4.69, 9.17) is 0 Å². The molecule has 23 aromatic rings. The fraction of sp³-hybridized carbons (Fsp3) is 0. The Hall–Kier alpha value is -11.7. The summed E-state index contributed by atoms with van der Waals surface area (Å²) >= 11 is 0. The second-order valence-corrected chi connectivity index (χ2v) is 23.8. The molecular weight excluding hydrogens is 1060 g/mol. The number of benzene rings is 15. The van der Waals surface area contributed by atoms with Crippen LogP contribution < -0.4 is 0 Å².